The summed E-state index contributed by atoms with van der Waals surface area (Å²) in [5.41, 5.74) is 4.26. The van der Waals surface area contributed by atoms with E-state index in [9.17, 15) is 4.79 Å². The lowest BCUT2D eigenvalue weighted by molar-refractivity contribution is 0.0793. The molecule has 1 amide bonds. The SMILES string of the molecule is Cc1ccc(-n2c(SCc3ccc(C(=O)N4CCCC4)cc3)nnc2C(C)C)cc1. The molecule has 30 heavy (non-hydrogen) atoms. The van der Waals surface area contributed by atoms with Gasteiger partial charge in [-0.1, -0.05) is 55.4 Å². The Bertz CT molecular complexity index is 1000. The Morgan fingerprint density at radius 1 is 1.00 bits per heavy atom. The van der Waals surface area contributed by atoms with Crippen molar-refractivity contribution >= 4 is 17.7 Å². The Labute approximate surface area is 182 Å². The minimum absolute atomic E-state index is 0.146. The van der Waals surface area contributed by atoms with Gasteiger partial charge in [-0.15, -0.1) is 10.2 Å². The van der Waals surface area contributed by atoms with Crippen LogP contribution in [-0.2, 0) is 5.75 Å². The van der Waals surface area contributed by atoms with Crippen molar-refractivity contribution in [3.05, 3.63) is 71.0 Å². The number of hydrogen-bond acceptors (Lipinski definition) is 4. The standard InChI is InChI=1S/C24H28N4OS/c1-17(2)22-25-26-24(28(22)21-12-6-18(3)7-13-21)30-16-19-8-10-20(11-9-19)23(29)27-14-4-5-15-27/h6-13,17H,4-5,14-16H2,1-3H3. The molecule has 4 rings (SSSR count). The molecule has 0 spiro atoms. The highest BCUT2D eigenvalue weighted by atomic mass is 32.2. The van der Waals surface area contributed by atoms with E-state index in [0.717, 1.165) is 53.9 Å². The molecule has 5 nitrogen and oxygen atoms in total. The Morgan fingerprint density at radius 3 is 2.30 bits per heavy atom. The van der Waals surface area contributed by atoms with E-state index in [1.807, 2.05) is 29.2 Å². The molecule has 0 unspecified atom stereocenters. The number of aryl methyl sites for hydroxylation is 1. The van der Waals surface area contributed by atoms with Crippen molar-refractivity contribution in [2.45, 2.75) is 50.4 Å². The van der Waals surface area contributed by atoms with Gasteiger partial charge in [-0.2, -0.15) is 0 Å². The Balaban J connectivity index is 1.49. The van der Waals surface area contributed by atoms with Crippen molar-refractivity contribution in [3.63, 3.8) is 0 Å². The third-order valence-electron chi connectivity index (χ3n) is 5.43. The van der Waals surface area contributed by atoms with Gasteiger partial charge >= 0.3 is 0 Å². The molecule has 1 fully saturated rings. The van der Waals surface area contributed by atoms with Crippen LogP contribution in [0.2, 0.25) is 0 Å². The Morgan fingerprint density at radius 2 is 1.67 bits per heavy atom. The van der Waals surface area contributed by atoms with E-state index >= 15 is 0 Å². The molecular formula is C24H28N4OS. The first-order chi connectivity index (χ1) is 14.5. The molecule has 1 aliphatic rings. The molecule has 1 aliphatic heterocycles. The molecule has 0 atom stereocenters. The van der Waals surface area contributed by atoms with Crippen LogP contribution in [0.25, 0.3) is 5.69 Å². The zero-order chi connectivity index (χ0) is 21.1. The molecule has 2 heterocycles. The van der Waals surface area contributed by atoms with Gasteiger partial charge in [-0.3, -0.25) is 9.36 Å². The van der Waals surface area contributed by atoms with E-state index in [4.69, 9.17) is 0 Å². The first-order valence-corrected chi connectivity index (χ1v) is 11.5. The monoisotopic (exact) mass is 420 g/mol. The number of nitrogens with zero attached hydrogens (tertiary/aromatic N) is 4. The molecule has 156 valence electrons. The number of thioether (sulfide) groups is 1. The van der Waals surface area contributed by atoms with Crippen LogP contribution in [0.3, 0.4) is 0 Å². The summed E-state index contributed by atoms with van der Waals surface area (Å²) in [7, 11) is 0. The van der Waals surface area contributed by atoms with Crippen LogP contribution in [0.15, 0.2) is 53.7 Å². The first-order valence-electron chi connectivity index (χ1n) is 10.6. The number of carbonyl (C=O) groups is 1. The second-order valence-electron chi connectivity index (χ2n) is 8.15. The minimum Gasteiger partial charge on any atom is -0.339 e. The molecule has 6 heteroatoms. The maximum atomic E-state index is 12.5. The predicted molar refractivity (Wildman–Crippen MR) is 121 cm³/mol. The number of rotatable bonds is 6. The molecular weight excluding hydrogens is 392 g/mol. The van der Waals surface area contributed by atoms with E-state index in [1.54, 1.807) is 11.8 Å². The summed E-state index contributed by atoms with van der Waals surface area (Å²) in [5, 5.41) is 9.80. The van der Waals surface area contributed by atoms with Crippen molar-refractivity contribution in [3.8, 4) is 5.69 Å². The van der Waals surface area contributed by atoms with Crippen LogP contribution < -0.4 is 0 Å². The molecule has 0 bridgehead atoms. The van der Waals surface area contributed by atoms with Crippen molar-refractivity contribution in [1.29, 1.82) is 0 Å². The summed E-state index contributed by atoms with van der Waals surface area (Å²) in [6.07, 6.45) is 2.22. The van der Waals surface area contributed by atoms with Gasteiger partial charge in [0, 0.05) is 36.0 Å². The van der Waals surface area contributed by atoms with Crippen molar-refractivity contribution < 1.29 is 4.79 Å². The fourth-order valence-corrected chi connectivity index (χ4v) is 4.59. The van der Waals surface area contributed by atoms with Gasteiger partial charge in [-0.05, 0) is 49.6 Å². The summed E-state index contributed by atoms with van der Waals surface area (Å²) in [6.45, 7) is 8.12. The van der Waals surface area contributed by atoms with Crippen molar-refractivity contribution in [2.24, 2.45) is 0 Å². The second-order valence-corrected chi connectivity index (χ2v) is 9.09. The molecule has 0 N–H and O–H groups in total. The molecule has 1 aromatic heterocycles. The van der Waals surface area contributed by atoms with E-state index in [2.05, 4.69) is 59.8 Å². The predicted octanol–water partition coefficient (Wildman–Crippen LogP) is 5.23. The van der Waals surface area contributed by atoms with Gasteiger partial charge in [0.15, 0.2) is 5.16 Å². The fourth-order valence-electron chi connectivity index (χ4n) is 3.68. The number of likely N-dealkylation sites (tertiary alicyclic amines) is 1. The van der Waals surface area contributed by atoms with E-state index in [0.29, 0.717) is 0 Å². The topological polar surface area (TPSA) is 51.0 Å². The average Bonchev–Trinajstić information content (AvgIpc) is 3.43. The lowest BCUT2D eigenvalue weighted by atomic mass is 10.1. The lowest BCUT2D eigenvalue weighted by Crippen LogP contribution is -2.27. The van der Waals surface area contributed by atoms with Gasteiger partial charge in [0.25, 0.3) is 5.91 Å². The molecule has 2 aromatic carbocycles. The summed E-state index contributed by atoms with van der Waals surface area (Å²) < 4.78 is 2.15. The summed E-state index contributed by atoms with van der Waals surface area (Å²) in [5.74, 6) is 2.17. The Hall–Kier alpha value is -2.60. The summed E-state index contributed by atoms with van der Waals surface area (Å²) in [6, 6.07) is 16.5. The van der Waals surface area contributed by atoms with E-state index in [1.165, 1.54) is 11.1 Å². The number of carbonyl (C=O) groups excluding carboxylic acids is 1. The number of amides is 1. The largest absolute Gasteiger partial charge is 0.339 e. The first kappa shape index (κ1) is 20.7. The highest BCUT2D eigenvalue weighted by molar-refractivity contribution is 7.98. The normalized spacial score (nSPS) is 13.9. The third-order valence-corrected chi connectivity index (χ3v) is 6.43. The quantitative estimate of drug-likeness (QED) is 0.513. The maximum absolute atomic E-state index is 12.5. The van der Waals surface area contributed by atoms with Gasteiger partial charge < -0.3 is 4.90 Å². The lowest BCUT2D eigenvalue weighted by Gasteiger charge is -2.15. The number of benzene rings is 2. The molecule has 3 aromatic rings. The van der Waals surface area contributed by atoms with Crippen LogP contribution in [0, 0.1) is 6.92 Å². The van der Waals surface area contributed by atoms with Gasteiger partial charge in [-0.25, -0.2) is 0 Å². The maximum Gasteiger partial charge on any atom is 0.253 e. The van der Waals surface area contributed by atoms with Crippen molar-refractivity contribution in [1.82, 2.24) is 19.7 Å². The second kappa shape index (κ2) is 9.04. The zero-order valence-electron chi connectivity index (χ0n) is 17.8. The van der Waals surface area contributed by atoms with Crippen LogP contribution in [0.5, 0.6) is 0 Å². The molecule has 0 saturated carbocycles. The average molecular weight is 421 g/mol. The zero-order valence-corrected chi connectivity index (χ0v) is 18.7. The van der Waals surface area contributed by atoms with Crippen LogP contribution in [0.4, 0.5) is 0 Å². The minimum atomic E-state index is 0.146. The molecule has 0 radical (unpaired) electrons. The smallest absolute Gasteiger partial charge is 0.253 e. The van der Waals surface area contributed by atoms with Crippen LogP contribution in [-0.4, -0.2) is 38.7 Å². The van der Waals surface area contributed by atoms with E-state index in [-0.39, 0.29) is 11.8 Å². The van der Waals surface area contributed by atoms with Crippen LogP contribution in [0.1, 0.15) is 59.9 Å². The van der Waals surface area contributed by atoms with Crippen LogP contribution >= 0.6 is 11.8 Å². The number of aromatic nitrogens is 3. The Kier molecular flexibility index (Phi) is 6.23. The van der Waals surface area contributed by atoms with Gasteiger partial charge in [0.2, 0.25) is 0 Å². The molecule has 1 saturated heterocycles. The summed E-state index contributed by atoms with van der Waals surface area (Å²) >= 11 is 1.67. The van der Waals surface area contributed by atoms with Gasteiger partial charge in [0.05, 0.1) is 0 Å². The highest BCUT2D eigenvalue weighted by Crippen LogP contribution is 2.28. The fraction of sp³-hybridized carbons (Fsp3) is 0.375. The number of hydrogen-bond donors (Lipinski definition) is 0. The van der Waals surface area contributed by atoms with E-state index < -0.39 is 0 Å². The third kappa shape index (κ3) is 4.43. The summed E-state index contributed by atoms with van der Waals surface area (Å²) in [4.78, 5) is 14.5. The van der Waals surface area contributed by atoms with Gasteiger partial charge in [0.1, 0.15) is 5.82 Å². The highest BCUT2D eigenvalue weighted by Gasteiger charge is 2.20. The van der Waals surface area contributed by atoms with Crippen molar-refractivity contribution in [2.75, 3.05) is 13.1 Å². The molecule has 0 aliphatic carbocycles.